The van der Waals surface area contributed by atoms with Crippen LogP contribution in [0.1, 0.15) is 0 Å². The van der Waals surface area contributed by atoms with Gasteiger partial charge in [0.1, 0.15) is 5.69 Å². The SMILES string of the molecule is Nc1cc(-c2ccc(Br)c(O)c2O)no1. The third kappa shape index (κ3) is 1.63. The lowest BCUT2D eigenvalue weighted by atomic mass is 10.1. The molecule has 78 valence electrons. The molecule has 0 atom stereocenters. The van der Waals surface area contributed by atoms with Gasteiger partial charge in [-0.05, 0) is 28.1 Å². The number of halogens is 1. The summed E-state index contributed by atoms with van der Waals surface area (Å²) in [6.07, 6.45) is 0. The number of nitrogens with zero attached hydrogens (tertiary/aromatic N) is 1. The number of nitrogen functional groups attached to an aromatic ring is 1. The zero-order valence-electron chi connectivity index (χ0n) is 7.44. The number of aromatic nitrogens is 1. The standard InChI is InChI=1S/C9H7BrN2O3/c10-5-2-1-4(8(13)9(5)14)6-3-7(11)15-12-6/h1-3,13-14H,11H2. The van der Waals surface area contributed by atoms with Gasteiger partial charge in [0.2, 0.25) is 5.88 Å². The van der Waals surface area contributed by atoms with E-state index in [9.17, 15) is 10.2 Å². The van der Waals surface area contributed by atoms with Crippen LogP contribution < -0.4 is 5.73 Å². The Morgan fingerprint density at radius 2 is 2.00 bits per heavy atom. The molecule has 0 aliphatic carbocycles. The second-order valence-corrected chi connectivity index (χ2v) is 3.76. The maximum Gasteiger partial charge on any atom is 0.222 e. The summed E-state index contributed by atoms with van der Waals surface area (Å²) in [6.45, 7) is 0. The van der Waals surface area contributed by atoms with Gasteiger partial charge >= 0.3 is 0 Å². The molecule has 0 saturated heterocycles. The van der Waals surface area contributed by atoms with E-state index in [1.165, 1.54) is 6.07 Å². The molecule has 6 heteroatoms. The molecule has 15 heavy (non-hydrogen) atoms. The largest absolute Gasteiger partial charge is 0.504 e. The minimum absolute atomic E-state index is 0.145. The van der Waals surface area contributed by atoms with Crippen molar-refractivity contribution in [1.29, 1.82) is 0 Å². The Morgan fingerprint density at radius 1 is 1.27 bits per heavy atom. The van der Waals surface area contributed by atoms with Gasteiger partial charge in [-0.3, -0.25) is 0 Å². The number of phenols is 2. The van der Waals surface area contributed by atoms with E-state index in [0.29, 0.717) is 15.7 Å². The summed E-state index contributed by atoms with van der Waals surface area (Å²) in [5.41, 5.74) is 6.08. The Kier molecular flexibility index (Phi) is 2.28. The molecule has 2 rings (SSSR count). The molecule has 0 bridgehead atoms. The second kappa shape index (κ2) is 3.47. The van der Waals surface area contributed by atoms with Gasteiger partial charge in [0.25, 0.3) is 0 Å². The van der Waals surface area contributed by atoms with Gasteiger partial charge in [0.15, 0.2) is 11.5 Å². The van der Waals surface area contributed by atoms with Crippen molar-refractivity contribution >= 4 is 21.8 Å². The molecule has 2 aromatic rings. The Bertz CT molecular complexity index is 510. The molecule has 0 spiro atoms. The fourth-order valence-electron chi connectivity index (χ4n) is 1.18. The average molecular weight is 271 g/mol. The van der Waals surface area contributed by atoms with Crippen LogP contribution in [-0.2, 0) is 0 Å². The van der Waals surface area contributed by atoms with E-state index in [1.54, 1.807) is 12.1 Å². The summed E-state index contributed by atoms with van der Waals surface area (Å²) in [5.74, 6) is -0.362. The molecule has 0 aliphatic heterocycles. The first-order valence-electron chi connectivity index (χ1n) is 4.02. The Morgan fingerprint density at radius 3 is 2.60 bits per heavy atom. The van der Waals surface area contributed by atoms with Crippen LogP contribution in [-0.4, -0.2) is 15.4 Å². The third-order valence-electron chi connectivity index (χ3n) is 1.91. The maximum absolute atomic E-state index is 9.64. The first-order valence-corrected chi connectivity index (χ1v) is 4.82. The Balaban J connectivity index is 2.59. The molecular formula is C9H7BrN2O3. The Labute approximate surface area is 93.2 Å². The monoisotopic (exact) mass is 270 g/mol. The highest BCUT2D eigenvalue weighted by atomic mass is 79.9. The topological polar surface area (TPSA) is 92.5 Å². The molecule has 0 radical (unpaired) electrons. The van der Waals surface area contributed by atoms with Crippen molar-refractivity contribution in [3.63, 3.8) is 0 Å². The van der Waals surface area contributed by atoms with Crippen molar-refractivity contribution in [3.05, 3.63) is 22.7 Å². The van der Waals surface area contributed by atoms with E-state index in [-0.39, 0.29) is 17.4 Å². The highest BCUT2D eigenvalue weighted by molar-refractivity contribution is 9.10. The molecule has 0 amide bonds. The van der Waals surface area contributed by atoms with Crippen molar-refractivity contribution in [2.45, 2.75) is 0 Å². The molecular weight excluding hydrogens is 264 g/mol. The quantitative estimate of drug-likeness (QED) is 0.690. The van der Waals surface area contributed by atoms with E-state index in [4.69, 9.17) is 5.73 Å². The number of hydrogen-bond acceptors (Lipinski definition) is 5. The van der Waals surface area contributed by atoms with Crippen LogP contribution in [0.15, 0.2) is 27.2 Å². The van der Waals surface area contributed by atoms with Crippen molar-refractivity contribution in [2.24, 2.45) is 0 Å². The lowest BCUT2D eigenvalue weighted by molar-refractivity contribution is 0.401. The van der Waals surface area contributed by atoms with E-state index in [2.05, 4.69) is 25.6 Å². The van der Waals surface area contributed by atoms with Gasteiger partial charge in [-0.1, -0.05) is 5.16 Å². The Hall–Kier alpha value is -1.69. The lowest BCUT2D eigenvalue weighted by Gasteiger charge is -2.04. The number of nitrogens with two attached hydrogens (primary N) is 1. The lowest BCUT2D eigenvalue weighted by Crippen LogP contribution is -1.80. The molecule has 0 unspecified atom stereocenters. The fraction of sp³-hybridized carbons (Fsp3) is 0. The number of aromatic hydroxyl groups is 2. The zero-order valence-corrected chi connectivity index (χ0v) is 9.02. The fourth-order valence-corrected chi connectivity index (χ4v) is 1.50. The molecule has 0 saturated carbocycles. The van der Waals surface area contributed by atoms with Crippen molar-refractivity contribution in [2.75, 3.05) is 5.73 Å². The molecule has 0 fully saturated rings. The van der Waals surface area contributed by atoms with Crippen molar-refractivity contribution in [1.82, 2.24) is 5.16 Å². The number of hydrogen-bond donors (Lipinski definition) is 3. The van der Waals surface area contributed by atoms with Gasteiger partial charge in [-0.25, -0.2) is 0 Å². The summed E-state index contributed by atoms with van der Waals surface area (Å²) in [7, 11) is 0. The molecule has 1 heterocycles. The van der Waals surface area contributed by atoms with Crippen LogP contribution in [0, 0.1) is 0 Å². The molecule has 4 N–H and O–H groups in total. The smallest absolute Gasteiger partial charge is 0.222 e. The highest BCUT2D eigenvalue weighted by Crippen LogP contribution is 2.40. The van der Waals surface area contributed by atoms with E-state index >= 15 is 0 Å². The summed E-state index contributed by atoms with van der Waals surface area (Å²) in [6, 6.07) is 4.65. The summed E-state index contributed by atoms with van der Waals surface area (Å²) >= 11 is 3.08. The number of benzene rings is 1. The number of rotatable bonds is 1. The van der Waals surface area contributed by atoms with Crippen LogP contribution in [0.25, 0.3) is 11.3 Å². The summed E-state index contributed by atoms with van der Waals surface area (Å²) < 4.78 is 5.07. The second-order valence-electron chi connectivity index (χ2n) is 2.91. The minimum atomic E-state index is -0.266. The zero-order chi connectivity index (χ0) is 11.0. The number of anilines is 1. The van der Waals surface area contributed by atoms with Crippen LogP contribution >= 0.6 is 15.9 Å². The van der Waals surface area contributed by atoms with E-state index in [0.717, 1.165) is 0 Å². The maximum atomic E-state index is 9.64. The van der Waals surface area contributed by atoms with Crippen LogP contribution in [0.4, 0.5) is 5.88 Å². The van der Waals surface area contributed by atoms with Crippen molar-refractivity contribution in [3.8, 4) is 22.8 Å². The molecule has 0 aliphatic rings. The molecule has 1 aromatic carbocycles. The van der Waals surface area contributed by atoms with Gasteiger partial charge < -0.3 is 20.5 Å². The minimum Gasteiger partial charge on any atom is -0.504 e. The first-order chi connectivity index (χ1) is 7.09. The third-order valence-corrected chi connectivity index (χ3v) is 2.55. The van der Waals surface area contributed by atoms with Crippen LogP contribution in [0.5, 0.6) is 11.5 Å². The average Bonchev–Trinajstić information content (AvgIpc) is 2.61. The summed E-state index contributed by atoms with van der Waals surface area (Å²) in [5, 5.41) is 22.7. The van der Waals surface area contributed by atoms with Gasteiger partial charge in [0.05, 0.1) is 4.47 Å². The normalized spacial score (nSPS) is 10.5. The summed E-state index contributed by atoms with van der Waals surface area (Å²) in [4.78, 5) is 0. The predicted octanol–water partition coefficient (Wildman–Crippen LogP) is 2.10. The van der Waals surface area contributed by atoms with Crippen molar-refractivity contribution < 1.29 is 14.7 Å². The van der Waals surface area contributed by atoms with Crippen LogP contribution in [0.2, 0.25) is 0 Å². The molecule has 5 nitrogen and oxygen atoms in total. The number of phenolic OH excluding ortho intramolecular Hbond substituents is 2. The van der Waals surface area contributed by atoms with E-state index in [1.807, 2.05) is 0 Å². The van der Waals surface area contributed by atoms with Gasteiger partial charge in [0, 0.05) is 11.6 Å². The van der Waals surface area contributed by atoms with Gasteiger partial charge in [-0.2, -0.15) is 0 Å². The first kappa shape index (κ1) is 9.85. The predicted molar refractivity (Wildman–Crippen MR) is 57.4 cm³/mol. The highest BCUT2D eigenvalue weighted by Gasteiger charge is 2.14. The van der Waals surface area contributed by atoms with E-state index < -0.39 is 0 Å². The van der Waals surface area contributed by atoms with Crippen LogP contribution in [0.3, 0.4) is 0 Å². The molecule has 1 aromatic heterocycles. The van der Waals surface area contributed by atoms with Gasteiger partial charge in [-0.15, -0.1) is 0 Å².